The molecule has 9 heteroatoms. The molecule has 1 atom stereocenters. The Kier molecular flexibility index (Phi) is 5.39. The third-order valence-electron chi connectivity index (χ3n) is 6.37. The lowest BCUT2D eigenvalue weighted by atomic mass is 10.0. The van der Waals surface area contributed by atoms with Crippen molar-refractivity contribution in [1.82, 2.24) is 30.4 Å². The Morgan fingerprint density at radius 1 is 1.09 bits per heavy atom. The highest BCUT2D eigenvalue weighted by Crippen LogP contribution is 2.40. The molecule has 1 saturated carbocycles. The molecule has 6 rings (SSSR count). The molecule has 2 aromatic heterocycles. The lowest BCUT2D eigenvalue weighted by molar-refractivity contribution is 0.0691. The summed E-state index contributed by atoms with van der Waals surface area (Å²) in [5, 5.41) is 15.6. The van der Waals surface area contributed by atoms with Crippen molar-refractivity contribution in [3.63, 3.8) is 0 Å². The van der Waals surface area contributed by atoms with E-state index in [2.05, 4.69) is 42.9 Å². The molecule has 3 N–H and O–H groups in total. The third kappa shape index (κ3) is 4.22. The molecule has 3 heterocycles. The first-order valence-corrected chi connectivity index (χ1v) is 11.9. The molecule has 0 radical (unpaired) electrons. The van der Waals surface area contributed by atoms with Crippen molar-refractivity contribution < 1.29 is 4.79 Å². The maximum absolute atomic E-state index is 13.5. The van der Waals surface area contributed by atoms with Gasteiger partial charge in [0.2, 0.25) is 5.82 Å². The summed E-state index contributed by atoms with van der Waals surface area (Å²) >= 11 is 6.26. The number of aromatic nitrogens is 4. The van der Waals surface area contributed by atoms with Gasteiger partial charge < -0.3 is 15.5 Å². The quantitative estimate of drug-likeness (QED) is 0.397. The fourth-order valence-electron chi connectivity index (χ4n) is 4.40. The van der Waals surface area contributed by atoms with Crippen LogP contribution in [0.1, 0.15) is 46.7 Å². The van der Waals surface area contributed by atoms with Crippen LogP contribution in [0.25, 0.3) is 10.9 Å². The normalized spacial score (nSPS) is 18.3. The fraction of sp³-hybridized carbons (Fsp3) is 0.280. The van der Waals surface area contributed by atoms with E-state index >= 15 is 0 Å². The molecule has 172 valence electrons. The molecule has 34 heavy (non-hydrogen) atoms. The summed E-state index contributed by atoms with van der Waals surface area (Å²) in [5.74, 6) is 1.69. The molecule has 1 amide bonds. The number of hydrogen-bond donors (Lipinski definition) is 3. The molecule has 0 bridgehead atoms. The van der Waals surface area contributed by atoms with Gasteiger partial charge in [0.1, 0.15) is 5.82 Å². The molecule has 8 nitrogen and oxygen atoms in total. The first-order chi connectivity index (χ1) is 16.6. The second-order valence-electron chi connectivity index (χ2n) is 8.83. The highest BCUT2D eigenvalue weighted by atomic mass is 35.5. The van der Waals surface area contributed by atoms with Gasteiger partial charge in [0.05, 0.1) is 5.52 Å². The summed E-state index contributed by atoms with van der Waals surface area (Å²) in [6.45, 7) is 1.85. The zero-order valence-corrected chi connectivity index (χ0v) is 19.2. The van der Waals surface area contributed by atoms with Gasteiger partial charge in [-0.3, -0.25) is 9.89 Å². The van der Waals surface area contributed by atoms with Gasteiger partial charge in [-0.05, 0) is 36.6 Å². The van der Waals surface area contributed by atoms with Crippen molar-refractivity contribution in [3.05, 3.63) is 76.7 Å². The van der Waals surface area contributed by atoms with Crippen LogP contribution < -0.4 is 10.6 Å². The minimum atomic E-state index is -0.192. The van der Waals surface area contributed by atoms with E-state index in [0.29, 0.717) is 47.7 Å². The first-order valence-electron chi connectivity index (χ1n) is 11.5. The Labute approximate surface area is 201 Å². The van der Waals surface area contributed by atoms with Gasteiger partial charge in [-0.25, -0.2) is 9.97 Å². The predicted molar refractivity (Wildman–Crippen MR) is 131 cm³/mol. The Balaban J connectivity index is 1.31. The number of nitrogens with one attached hydrogen (secondary N) is 3. The van der Waals surface area contributed by atoms with Gasteiger partial charge in [-0.1, -0.05) is 41.9 Å². The van der Waals surface area contributed by atoms with Gasteiger partial charge in [0.25, 0.3) is 5.91 Å². The van der Waals surface area contributed by atoms with Gasteiger partial charge in [-0.15, -0.1) is 0 Å². The average Bonchev–Trinajstić information content (AvgIpc) is 3.63. The second-order valence-corrected chi connectivity index (χ2v) is 9.27. The number of carbonyl (C=O) groups excluding carboxylic acids is 1. The smallest absolute Gasteiger partial charge is 0.291 e. The molecular weight excluding hydrogens is 450 g/mol. The van der Waals surface area contributed by atoms with Crippen LogP contribution in [0.4, 0.5) is 11.6 Å². The summed E-state index contributed by atoms with van der Waals surface area (Å²) in [7, 11) is 0. The number of nitrogens with zero attached hydrogens (tertiary/aromatic N) is 4. The Hall–Kier alpha value is -3.49. The average molecular weight is 474 g/mol. The number of fused-ring (bicyclic) bond motifs is 1. The molecular formula is C25H24ClN7O. The monoisotopic (exact) mass is 473 g/mol. The molecule has 2 fully saturated rings. The van der Waals surface area contributed by atoms with Crippen LogP contribution in [-0.4, -0.2) is 50.6 Å². The first kappa shape index (κ1) is 21.1. The molecule has 1 aliphatic carbocycles. The molecule has 2 aliphatic rings. The van der Waals surface area contributed by atoms with Crippen molar-refractivity contribution in [1.29, 1.82) is 0 Å². The number of aromatic amines is 1. The van der Waals surface area contributed by atoms with E-state index in [9.17, 15) is 4.79 Å². The number of amides is 1. The van der Waals surface area contributed by atoms with E-state index < -0.39 is 0 Å². The Bertz CT molecular complexity index is 1350. The van der Waals surface area contributed by atoms with E-state index in [-0.39, 0.29) is 17.8 Å². The minimum Gasteiger partial charge on any atom is -0.333 e. The van der Waals surface area contributed by atoms with E-state index in [1.165, 1.54) is 12.8 Å². The number of hydrogen-bond acceptors (Lipinski definition) is 6. The van der Waals surface area contributed by atoms with Gasteiger partial charge in [-0.2, -0.15) is 5.10 Å². The van der Waals surface area contributed by atoms with Crippen LogP contribution in [0, 0.1) is 0 Å². The summed E-state index contributed by atoms with van der Waals surface area (Å²) in [6, 6.07) is 17.6. The Morgan fingerprint density at radius 2 is 1.94 bits per heavy atom. The van der Waals surface area contributed by atoms with Crippen molar-refractivity contribution in [3.8, 4) is 0 Å². The maximum Gasteiger partial charge on any atom is 0.291 e. The standard InChI is InChI=1S/C25H24ClN7O/c26-17-8-9-19-18(12-17)23(29-22-13-20(31-32-22)16-6-7-16)30-24(28-19)25(34)33-11-10-27-21(14-33)15-4-2-1-3-5-15/h1-5,8-9,12-13,16,21,27H,6-7,10-11,14H2,(H2,28,29,30,31,32)/t21-/m0/s1. The van der Waals surface area contributed by atoms with E-state index in [1.807, 2.05) is 35.2 Å². The summed E-state index contributed by atoms with van der Waals surface area (Å²) in [6.07, 6.45) is 2.36. The van der Waals surface area contributed by atoms with Crippen molar-refractivity contribution in [2.75, 3.05) is 25.0 Å². The molecule has 1 saturated heterocycles. The van der Waals surface area contributed by atoms with E-state index in [1.54, 1.807) is 12.1 Å². The molecule has 0 spiro atoms. The van der Waals surface area contributed by atoms with Crippen LogP contribution in [0.2, 0.25) is 5.02 Å². The molecule has 1 aliphatic heterocycles. The van der Waals surface area contributed by atoms with Crippen LogP contribution in [-0.2, 0) is 0 Å². The number of H-pyrrole nitrogens is 1. The maximum atomic E-state index is 13.5. The zero-order chi connectivity index (χ0) is 23.1. The molecule has 0 unspecified atom stereocenters. The summed E-state index contributed by atoms with van der Waals surface area (Å²) in [4.78, 5) is 24.5. The molecule has 4 aromatic rings. The highest BCUT2D eigenvalue weighted by molar-refractivity contribution is 6.31. The lowest BCUT2D eigenvalue weighted by Crippen LogP contribution is -2.48. The number of rotatable bonds is 5. The summed E-state index contributed by atoms with van der Waals surface area (Å²) in [5.41, 5.74) is 2.92. The highest BCUT2D eigenvalue weighted by Gasteiger charge is 2.28. The Morgan fingerprint density at radius 3 is 2.76 bits per heavy atom. The zero-order valence-electron chi connectivity index (χ0n) is 18.5. The SMILES string of the molecule is O=C(c1nc(Nc2cc(C3CC3)[nH]n2)c2cc(Cl)ccc2n1)N1CCN[C@H](c2ccccc2)C1. The number of halogens is 1. The van der Waals surface area contributed by atoms with Crippen LogP contribution >= 0.6 is 11.6 Å². The van der Waals surface area contributed by atoms with E-state index in [0.717, 1.165) is 16.6 Å². The largest absolute Gasteiger partial charge is 0.333 e. The van der Waals surface area contributed by atoms with Crippen LogP contribution in [0.15, 0.2) is 54.6 Å². The van der Waals surface area contributed by atoms with Crippen LogP contribution in [0.3, 0.4) is 0 Å². The predicted octanol–water partition coefficient (Wildman–Crippen LogP) is 4.41. The number of benzene rings is 2. The van der Waals surface area contributed by atoms with Crippen molar-refractivity contribution >= 4 is 40.0 Å². The van der Waals surface area contributed by atoms with Gasteiger partial charge in [0.15, 0.2) is 5.82 Å². The number of anilines is 2. The van der Waals surface area contributed by atoms with E-state index in [4.69, 9.17) is 11.6 Å². The topological polar surface area (TPSA) is 98.8 Å². The fourth-order valence-corrected chi connectivity index (χ4v) is 4.57. The lowest BCUT2D eigenvalue weighted by Gasteiger charge is -2.33. The van der Waals surface area contributed by atoms with Gasteiger partial charge in [0, 0.05) is 53.8 Å². The van der Waals surface area contributed by atoms with Crippen molar-refractivity contribution in [2.24, 2.45) is 0 Å². The second kappa shape index (κ2) is 8.70. The third-order valence-corrected chi connectivity index (χ3v) is 6.61. The van der Waals surface area contributed by atoms with Crippen LogP contribution in [0.5, 0.6) is 0 Å². The number of piperazine rings is 1. The number of carbonyl (C=O) groups is 1. The van der Waals surface area contributed by atoms with Crippen molar-refractivity contribution in [2.45, 2.75) is 24.8 Å². The molecule has 2 aromatic carbocycles. The minimum absolute atomic E-state index is 0.0701. The van der Waals surface area contributed by atoms with Gasteiger partial charge >= 0.3 is 0 Å². The summed E-state index contributed by atoms with van der Waals surface area (Å²) < 4.78 is 0.